The highest BCUT2D eigenvalue weighted by Crippen LogP contribution is 2.67. The molecule has 0 aliphatic heterocycles. The molecule has 2 bridgehead atoms. The Kier molecular flexibility index (Phi) is 1.94. The largest absolute Gasteiger partial charge is 0.477 e. The molecular weight excluding hydrogens is 266 g/mol. The lowest BCUT2D eigenvalue weighted by atomic mass is 9.42. The summed E-state index contributed by atoms with van der Waals surface area (Å²) in [4.78, 5) is 19.7. The van der Waals surface area contributed by atoms with Crippen molar-refractivity contribution in [3.05, 3.63) is 23.2 Å². The Bertz CT molecular complexity index is 718. The first-order valence-corrected chi connectivity index (χ1v) is 6.68. The minimum atomic E-state index is -0.925. The molecule has 1 N–H and O–H groups in total. The van der Waals surface area contributed by atoms with E-state index >= 15 is 0 Å². The van der Waals surface area contributed by atoms with Crippen molar-refractivity contribution in [2.24, 2.45) is 11.8 Å². The Morgan fingerprint density at radius 1 is 1.58 bits per heavy atom. The molecule has 0 radical (unpaired) electrons. The molecule has 3 saturated carbocycles. The van der Waals surface area contributed by atoms with Crippen LogP contribution in [0.5, 0.6) is 0 Å². The van der Waals surface area contributed by atoms with Crippen molar-refractivity contribution < 1.29 is 9.90 Å². The first kappa shape index (κ1) is 11.2. The van der Waals surface area contributed by atoms with Crippen LogP contribution in [0.4, 0.5) is 0 Å². The van der Waals surface area contributed by atoms with E-state index in [0.29, 0.717) is 11.6 Å². The van der Waals surface area contributed by atoms with Gasteiger partial charge in [-0.05, 0) is 42.3 Å². The van der Waals surface area contributed by atoms with Crippen LogP contribution >= 0.6 is 11.6 Å². The summed E-state index contributed by atoms with van der Waals surface area (Å²) >= 11 is 5.86. The van der Waals surface area contributed by atoms with Gasteiger partial charge in [0.05, 0.1) is 5.54 Å². The van der Waals surface area contributed by atoms with E-state index in [4.69, 9.17) is 11.6 Å². The molecule has 5 nitrogen and oxygen atoms in total. The lowest BCUT2D eigenvalue weighted by Gasteiger charge is -2.68. The van der Waals surface area contributed by atoms with Crippen LogP contribution in [0.2, 0.25) is 5.28 Å². The van der Waals surface area contributed by atoms with Gasteiger partial charge in [0, 0.05) is 11.6 Å². The molecule has 3 fully saturated rings. The predicted molar refractivity (Wildman–Crippen MR) is 69.4 cm³/mol. The fraction of sp³-hybridized carbons (Fsp3) is 0.462. The number of aromatic nitrogens is 3. The zero-order valence-corrected chi connectivity index (χ0v) is 11.1. The third kappa shape index (κ3) is 1.19. The number of nitrogens with zero attached hydrogens (tertiary/aromatic N) is 3. The van der Waals surface area contributed by atoms with Gasteiger partial charge in [-0.2, -0.15) is 4.98 Å². The molecule has 3 aliphatic carbocycles. The quantitative estimate of drug-likeness (QED) is 0.857. The molecule has 0 amide bonds. The standard InChI is InChI=1S/C13H12ClN3O2/c1-6-8-3-13(6,4-8)17-9(11(18)19)2-7-5-15-12(14)16-10(7)17/h2,5-6,8H,3-4H2,1H3,(H,18,19)/t6-,8?,13?/m1/s1. The summed E-state index contributed by atoms with van der Waals surface area (Å²) in [5.41, 5.74) is 0.858. The summed E-state index contributed by atoms with van der Waals surface area (Å²) in [5.74, 6) is 0.317. The van der Waals surface area contributed by atoms with Gasteiger partial charge in [-0.15, -0.1) is 0 Å². The average molecular weight is 278 g/mol. The van der Waals surface area contributed by atoms with Gasteiger partial charge in [0.15, 0.2) is 0 Å². The van der Waals surface area contributed by atoms with Gasteiger partial charge in [0.1, 0.15) is 11.3 Å². The van der Waals surface area contributed by atoms with Crippen molar-refractivity contribution >= 4 is 28.6 Å². The molecule has 1 atom stereocenters. The smallest absolute Gasteiger partial charge is 0.352 e. The number of carboxylic acids is 1. The SMILES string of the molecule is C[C@@H]1C2CC1(n1c(C(=O)O)cc3cnc(Cl)nc31)C2. The zero-order chi connectivity index (χ0) is 13.4. The number of halogens is 1. The molecule has 0 unspecified atom stereocenters. The monoisotopic (exact) mass is 277 g/mol. The topological polar surface area (TPSA) is 68.0 Å². The first-order valence-electron chi connectivity index (χ1n) is 6.31. The van der Waals surface area contributed by atoms with Crippen LogP contribution in [-0.4, -0.2) is 25.6 Å². The van der Waals surface area contributed by atoms with Crippen molar-refractivity contribution in [1.82, 2.24) is 14.5 Å². The number of carboxylic acid groups (broad SMARTS) is 1. The normalized spacial score (nSPS) is 31.9. The number of carbonyl (C=O) groups is 1. The van der Waals surface area contributed by atoms with E-state index < -0.39 is 5.97 Å². The summed E-state index contributed by atoms with van der Waals surface area (Å²) in [6.07, 6.45) is 3.67. The molecule has 3 aliphatic rings. The van der Waals surface area contributed by atoms with E-state index in [2.05, 4.69) is 16.9 Å². The minimum Gasteiger partial charge on any atom is -0.477 e. The second kappa shape index (κ2) is 3.28. The van der Waals surface area contributed by atoms with Crippen LogP contribution < -0.4 is 0 Å². The highest BCUT2D eigenvalue weighted by atomic mass is 35.5. The summed E-state index contributed by atoms with van der Waals surface area (Å²) in [6, 6.07) is 1.64. The Balaban J connectivity index is 2.03. The summed E-state index contributed by atoms with van der Waals surface area (Å²) in [6.45, 7) is 2.18. The maximum atomic E-state index is 11.5. The van der Waals surface area contributed by atoms with Crippen molar-refractivity contribution in [2.75, 3.05) is 0 Å². The van der Waals surface area contributed by atoms with Crippen LogP contribution in [-0.2, 0) is 5.54 Å². The summed E-state index contributed by atoms with van der Waals surface area (Å²) in [5, 5.41) is 10.3. The molecule has 6 heteroatoms. The highest BCUT2D eigenvalue weighted by Gasteiger charge is 2.65. The zero-order valence-electron chi connectivity index (χ0n) is 10.3. The molecular formula is C13H12ClN3O2. The summed E-state index contributed by atoms with van der Waals surface area (Å²) < 4.78 is 1.88. The van der Waals surface area contributed by atoms with E-state index in [1.165, 1.54) is 0 Å². The number of hydrogen-bond donors (Lipinski definition) is 1. The molecule has 0 saturated heterocycles. The second-order valence-corrected chi connectivity index (χ2v) is 5.99. The van der Waals surface area contributed by atoms with Crippen LogP contribution in [0.25, 0.3) is 11.0 Å². The fourth-order valence-corrected chi connectivity index (χ4v) is 3.78. The number of rotatable bonds is 2. The lowest BCUT2D eigenvalue weighted by Crippen LogP contribution is -2.67. The molecule has 0 spiro atoms. The van der Waals surface area contributed by atoms with Gasteiger partial charge in [0.25, 0.3) is 0 Å². The Labute approximate surface area is 114 Å². The number of hydrogen-bond acceptors (Lipinski definition) is 3. The van der Waals surface area contributed by atoms with Gasteiger partial charge in [-0.25, -0.2) is 9.78 Å². The highest BCUT2D eigenvalue weighted by molar-refractivity contribution is 6.28. The van der Waals surface area contributed by atoms with Crippen LogP contribution in [0.1, 0.15) is 30.3 Å². The molecule has 5 rings (SSSR count). The first-order chi connectivity index (χ1) is 9.03. The third-order valence-electron chi connectivity index (χ3n) is 4.96. The molecule has 2 aromatic heterocycles. The van der Waals surface area contributed by atoms with Gasteiger partial charge in [-0.1, -0.05) is 6.92 Å². The van der Waals surface area contributed by atoms with Crippen LogP contribution in [0.3, 0.4) is 0 Å². The fourth-order valence-electron chi connectivity index (χ4n) is 3.65. The van der Waals surface area contributed by atoms with Crippen molar-refractivity contribution in [3.8, 4) is 0 Å². The predicted octanol–water partition coefficient (Wildman–Crippen LogP) is 2.54. The van der Waals surface area contributed by atoms with Crippen LogP contribution in [0, 0.1) is 11.8 Å². The molecule has 98 valence electrons. The van der Waals surface area contributed by atoms with E-state index in [1.807, 2.05) is 4.57 Å². The Morgan fingerprint density at radius 3 is 2.84 bits per heavy atom. The maximum absolute atomic E-state index is 11.5. The molecule has 2 heterocycles. The van der Waals surface area contributed by atoms with Gasteiger partial charge < -0.3 is 9.67 Å². The van der Waals surface area contributed by atoms with E-state index in [0.717, 1.165) is 24.1 Å². The molecule has 19 heavy (non-hydrogen) atoms. The Hall–Kier alpha value is -1.62. The van der Waals surface area contributed by atoms with Crippen molar-refractivity contribution in [3.63, 3.8) is 0 Å². The van der Waals surface area contributed by atoms with Crippen LogP contribution in [0.15, 0.2) is 12.3 Å². The van der Waals surface area contributed by atoms with E-state index in [-0.39, 0.29) is 16.5 Å². The lowest BCUT2D eigenvalue weighted by molar-refractivity contribution is -0.160. The average Bonchev–Trinajstić information content (AvgIpc) is 2.67. The minimum absolute atomic E-state index is 0.0716. The summed E-state index contributed by atoms with van der Waals surface area (Å²) in [7, 11) is 0. The van der Waals surface area contributed by atoms with E-state index in [9.17, 15) is 9.90 Å². The number of fused-ring (bicyclic) bond motifs is 1. The molecule has 0 aromatic carbocycles. The second-order valence-electron chi connectivity index (χ2n) is 5.65. The van der Waals surface area contributed by atoms with E-state index in [1.54, 1.807) is 12.3 Å². The maximum Gasteiger partial charge on any atom is 0.352 e. The van der Waals surface area contributed by atoms with Gasteiger partial charge in [-0.3, -0.25) is 0 Å². The number of aromatic carboxylic acids is 1. The van der Waals surface area contributed by atoms with Gasteiger partial charge >= 0.3 is 5.97 Å². The van der Waals surface area contributed by atoms with Crippen molar-refractivity contribution in [2.45, 2.75) is 25.3 Å². The molecule has 2 aromatic rings. The third-order valence-corrected chi connectivity index (χ3v) is 5.14. The Morgan fingerprint density at radius 2 is 2.32 bits per heavy atom. The van der Waals surface area contributed by atoms with Crippen molar-refractivity contribution in [1.29, 1.82) is 0 Å². The van der Waals surface area contributed by atoms with Gasteiger partial charge in [0.2, 0.25) is 5.28 Å².